The highest BCUT2D eigenvalue weighted by Gasteiger charge is 2.37. The minimum Gasteiger partial charge on any atom is -0.396 e. The first-order valence-electron chi connectivity index (χ1n) is 8.77. The number of aliphatic hydroxyl groups is 1. The second kappa shape index (κ2) is 5.21. The fourth-order valence-corrected chi connectivity index (χ4v) is 4.72. The Morgan fingerprint density at radius 1 is 0.826 bits per heavy atom. The fraction of sp³-hybridized carbons (Fsp3) is 0.455. The molecular weight excluding hydrogens is 280 g/mol. The van der Waals surface area contributed by atoms with E-state index in [1.807, 2.05) is 0 Å². The van der Waals surface area contributed by atoms with Crippen molar-refractivity contribution in [3.63, 3.8) is 0 Å². The summed E-state index contributed by atoms with van der Waals surface area (Å²) >= 11 is 0. The standard InChI is InChI=1S/C22H26O/c1-21(2)11-19-8-7-16(9-20(19)12-21)10-22(15-23)13-17-5-3-4-6-18(17)14-22/h3-9,23H,10-15H2,1-2H3. The van der Waals surface area contributed by atoms with Crippen LogP contribution in [0.4, 0.5) is 0 Å². The van der Waals surface area contributed by atoms with Crippen LogP contribution in [-0.2, 0) is 32.1 Å². The fourth-order valence-electron chi connectivity index (χ4n) is 4.72. The van der Waals surface area contributed by atoms with Gasteiger partial charge in [-0.3, -0.25) is 0 Å². The highest BCUT2D eigenvalue weighted by atomic mass is 16.3. The Balaban J connectivity index is 1.59. The molecule has 0 saturated heterocycles. The van der Waals surface area contributed by atoms with Crippen molar-refractivity contribution in [3.05, 3.63) is 70.3 Å². The molecule has 120 valence electrons. The molecule has 1 heteroatoms. The van der Waals surface area contributed by atoms with Gasteiger partial charge in [-0.2, -0.15) is 0 Å². The van der Waals surface area contributed by atoms with Crippen molar-refractivity contribution in [1.82, 2.24) is 0 Å². The van der Waals surface area contributed by atoms with Crippen LogP contribution in [0.25, 0.3) is 0 Å². The molecule has 2 aliphatic carbocycles. The van der Waals surface area contributed by atoms with E-state index in [2.05, 4.69) is 56.3 Å². The average Bonchev–Trinajstić information content (AvgIpc) is 3.02. The summed E-state index contributed by atoms with van der Waals surface area (Å²) < 4.78 is 0. The molecule has 0 atom stereocenters. The van der Waals surface area contributed by atoms with Crippen molar-refractivity contribution in [1.29, 1.82) is 0 Å². The Bertz CT molecular complexity index is 716. The molecule has 0 spiro atoms. The van der Waals surface area contributed by atoms with Gasteiger partial charge in [0, 0.05) is 12.0 Å². The molecule has 2 aromatic carbocycles. The van der Waals surface area contributed by atoms with Gasteiger partial charge in [-0.15, -0.1) is 0 Å². The predicted octanol–water partition coefficient (Wildman–Crippen LogP) is 4.13. The zero-order valence-electron chi connectivity index (χ0n) is 14.2. The maximum Gasteiger partial charge on any atom is 0.0497 e. The zero-order chi connectivity index (χ0) is 16.1. The predicted molar refractivity (Wildman–Crippen MR) is 94.7 cm³/mol. The molecular formula is C22H26O. The number of hydrogen-bond acceptors (Lipinski definition) is 1. The number of rotatable bonds is 3. The molecule has 0 bridgehead atoms. The molecule has 0 amide bonds. The minimum absolute atomic E-state index is 0.00789. The molecule has 0 heterocycles. The molecule has 0 saturated carbocycles. The van der Waals surface area contributed by atoms with Crippen LogP contribution in [0.2, 0.25) is 0 Å². The Kier molecular flexibility index (Phi) is 3.39. The van der Waals surface area contributed by atoms with Gasteiger partial charge in [0.1, 0.15) is 0 Å². The van der Waals surface area contributed by atoms with Gasteiger partial charge in [-0.05, 0) is 65.3 Å². The van der Waals surface area contributed by atoms with Crippen LogP contribution in [-0.4, -0.2) is 11.7 Å². The van der Waals surface area contributed by atoms with Gasteiger partial charge in [0.25, 0.3) is 0 Å². The van der Waals surface area contributed by atoms with Crippen molar-refractivity contribution in [2.24, 2.45) is 10.8 Å². The molecule has 0 unspecified atom stereocenters. The first-order valence-corrected chi connectivity index (χ1v) is 8.77. The number of benzene rings is 2. The summed E-state index contributed by atoms with van der Waals surface area (Å²) in [6.45, 7) is 4.98. The van der Waals surface area contributed by atoms with E-state index in [1.165, 1.54) is 40.7 Å². The van der Waals surface area contributed by atoms with Gasteiger partial charge < -0.3 is 5.11 Å². The van der Waals surface area contributed by atoms with Crippen LogP contribution in [0.5, 0.6) is 0 Å². The lowest BCUT2D eigenvalue weighted by Crippen LogP contribution is -2.29. The van der Waals surface area contributed by atoms with Gasteiger partial charge in [0.05, 0.1) is 0 Å². The van der Waals surface area contributed by atoms with Gasteiger partial charge in [0.15, 0.2) is 0 Å². The second-order valence-corrected chi connectivity index (χ2v) is 8.58. The molecule has 4 rings (SSSR count). The molecule has 2 aliphatic rings. The second-order valence-electron chi connectivity index (χ2n) is 8.58. The molecule has 0 aliphatic heterocycles. The minimum atomic E-state index is -0.00789. The highest BCUT2D eigenvalue weighted by Crippen LogP contribution is 2.41. The van der Waals surface area contributed by atoms with Crippen LogP contribution < -0.4 is 0 Å². The van der Waals surface area contributed by atoms with Crippen LogP contribution in [0.15, 0.2) is 42.5 Å². The molecule has 0 radical (unpaired) electrons. The van der Waals surface area contributed by atoms with Crippen molar-refractivity contribution in [3.8, 4) is 0 Å². The summed E-state index contributed by atoms with van der Waals surface area (Å²) in [5.41, 5.74) is 7.67. The van der Waals surface area contributed by atoms with E-state index >= 15 is 0 Å². The highest BCUT2D eigenvalue weighted by molar-refractivity contribution is 5.40. The monoisotopic (exact) mass is 306 g/mol. The first-order chi connectivity index (χ1) is 11.0. The van der Waals surface area contributed by atoms with E-state index in [4.69, 9.17) is 0 Å². The molecule has 23 heavy (non-hydrogen) atoms. The van der Waals surface area contributed by atoms with E-state index in [1.54, 1.807) is 0 Å². The smallest absolute Gasteiger partial charge is 0.0497 e. The van der Waals surface area contributed by atoms with Crippen molar-refractivity contribution in [2.75, 3.05) is 6.61 Å². The third-order valence-corrected chi connectivity index (χ3v) is 5.77. The van der Waals surface area contributed by atoms with Crippen LogP contribution in [0.1, 0.15) is 41.7 Å². The number of hydrogen-bond donors (Lipinski definition) is 1. The normalized spacial score (nSPS) is 20.3. The third-order valence-electron chi connectivity index (χ3n) is 5.77. The number of fused-ring (bicyclic) bond motifs is 2. The van der Waals surface area contributed by atoms with Gasteiger partial charge in [-0.1, -0.05) is 56.3 Å². The lowest BCUT2D eigenvalue weighted by Gasteiger charge is -2.27. The molecule has 0 fully saturated rings. The van der Waals surface area contributed by atoms with Gasteiger partial charge in [0.2, 0.25) is 0 Å². The van der Waals surface area contributed by atoms with E-state index in [9.17, 15) is 5.11 Å². The molecule has 1 nitrogen and oxygen atoms in total. The van der Waals surface area contributed by atoms with Crippen molar-refractivity contribution < 1.29 is 5.11 Å². The van der Waals surface area contributed by atoms with Crippen molar-refractivity contribution >= 4 is 0 Å². The Hall–Kier alpha value is -1.60. The van der Waals surface area contributed by atoms with Crippen LogP contribution >= 0.6 is 0 Å². The maximum absolute atomic E-state index is 10.1. The molecule has 0 aromatic heterocycles. The van der Waals surface area contributed by atoms with E-state index in [-0.39, 0.29) is 12.0 Å². The first kappa shape index (κ1) is 15.0. The number of aliphatic hydroxyl groups excluding tert-OH is 1. The Labute approximate surface area is 139 Å². The largest absolute Gasteiger partial charge is 0.396 e. The van der Waals surface area contributed by atoms with E-state index < -0.39 is 0 Å². The topological polar surface area (TPSA) is 20.2 Å². The van der Waals surface area contributed by atoms with Crippen molar-refractivity contribution in [2.45, 2.75) is 46.0 Å². The van der Waals surface area contributed by atoms with Gasteiger partial charge >= 0.3 is 0 Å². The summed E-state index contributed by atoms with van der Waals surface area (Å²) in [6.07, 6.45) is 5.36. The lowest BCUT2D eigenvalue weighted by atomic mass is 9.79. The Morgan fingerprint density at radius 2 is 1.43 bits per heavy atom. The zero-order valence-corrected chi connectivity index (χ0v) is 14.2. The lowest BCUT2D eigenvalue weighted by molar-refractivity contribution is 0.134. The SMILES string of the molecule is CC1(C)Cc2ccc(CC3(CO)Cc4ccccc4C3)cc2C1. The summed E-state index contributed by atoms with van der Waals surface area (Å²) in [5, 5.41) is 10.1. The quantitative estimate of drug-likeness (QED) is 0.904. The summed E-state index contributed by atoms with van der Waals surface area (Å²) in [6, 6.07) is 15.7. The summed E-state index contributed by atoms with van der Waals surface area (Å²) in [7, 11) is 0. The maximum atomic E-state index is 10.1. The average molecular weight is 306 g/mol. The third kappa shape index (κ3) is 2.72. The molecule has 2 aromatic rings. The van der Waals surface area contributed by atoms with Crippen LogP contribution in [0, 0.1) is 10.8 Å². The summed E-state index contributed by atoms with van der Waals surface area (Å²) in [5.74, 6) is 0. The van der Waals surface area contributed by atoms with Crippen LogP contribution in [0.3, 0.4) is 0 Å². The molecule has 1 N–H and O–H groups in total. The van der Waals surface area contributed by atoms with E-state index in [0.29, 0.717) is 5.41 Å². The van der Waals surface area contributed by atoms with E-state index in [0.717, 1.165) is 19.3 Å². The van der Waals surface area contributed by atoms with Gasteiger partial charge in [-0.25, -0.2) is 0 Å². The summed E-state index contributed by atoms with van der Waals surface area (Å²) in [4.78, 5) is 0. The Morgan fingerprint density at radius 3 is 2.09 bits per heavy atom.